The van der Waals surface area contributed by atoms with E-state index in [2.05, 4.69) is 51.3 Å². The number of hydrogen-bond acceptors (Lipinski definition) is 4. The van der Waals surface area contributed by atoms with Crippen LogP contribution in [0.2, 0.25) is 0 Å². The van der Waals surface area contributed by atoms with E-state index in [1.165, 1.54) is 23.8 Å². The fraction of sp³-hybridized carbons (Fsp3) is 0.200. The Morgan fingerprint density at radius 2 is 1.35 bits per heavy atom. The van der Waals surface area contributed by atoms with Crippen LogP contribution in [0, 0.1) is 6.92 Å². The number of allylic oxidation sites excluding steroid dienone is 2. The molecule has 0 saturated heterocycles. The second kappa shape index (κ2) is 11.3. The van der Waals surface area contributed by atoms with E-state index in [0.717, 1.165) is 17.5 Å². The molecule has 0 aliphatic rings. The van der Waals surface area contributed by atoms with Gasteiger partial charge in [0, 0.05) is 5.92 Å². The Morgan fingerprint density at radius 3 is 1.94 bits per heavy atom. The zero-order chi connectivity index (χ0) is 24.7. The lowest BCUT2D eigenvalue weighted by Gasteiger charge is -2.17. The number of carbonyl (C=O) groups excluding carboxylic acids is 2. The highest BCUT2D eigenvalue weighted by Gasteiger charge is 2.16. The van der Waals surface area contributed by atoms with Crippen molar-refractivity contribution in [1.29, 1.82) is 0 Å². The number of hydrogen-bond donors (Lipinski definition) is 0. The quantitative estimate of drug-likeness (QED) is 0.207. The maximum atomic E-state index is 12.7. The average Bonchev–Trinajstić information content (AvgIpc) is 2.85. The van der Waals surface area contributed by atoms with Crippen LogP contribution in [0.4, 0.5) is 0 Å². The maximum Gasteiger partial charge on any atom is 0.343 e. The van der Waals surface area contributed by atoms with Crippen molar-refractivity contribution in [3.8, 4) is 5.75 Å². The maximum absolute atomic E-state index is 12.7. The van der Waals surface area contributed by atoms with E-state index in [9.17, 15) is 9.59 Å². The van der Waals surface area contributed by atoms with Crippen LogP contribution in [-0.2, 0) is 17.6 Å². The first kappa shape index (κ1) is 24.7. The van der Waals surface area contributed by atoms with Gasteiger partial charge in [0.15, 0.2) is 0 Å². The Hall–Kier alpha value is -3.92. The van der Waals surface area contributed by atoms with Crippen LogP contribution in [0.15, 0.2) is 86.0 Å². The molecule has 0 spiro atoms. The van der Waals surface area contributed by atoms with Crippen LogP contribution >= 0.6 is 0 Å². The van der Waals surface area contributed by atoms with Gasteiger partial charge in [-0.3, -0.25) is 0 Å². The molecule has 0 aliphatic heterocycles. The van der Waals surface area contributed by atoms with E-state index in [1.807, 2.05) is 18.2 Å². The van der Waals surface area contributed by atoms with Crippen molar-refractivity contribution in [1.82, 2.24) is 0 Å². The van der Waals surface area contributed by atoms with Crippen molar-refractivity contribution in [2.75, 3.05) is 7.11 Å². The lowest BCUT2D eigenvalue weighted by molar-refractivity contribution is 0.0599. The molecule has 0 aliphatic carbocycles. The van der Waals surface area contributed by atoms with Gasteiger partial charge in [-0.05, 0) is 77.9 Å². The molecule has 0 fully saturated rings. The molecule has 174 valence electrons. The predicted molar refractivity (Wildman–Crippen MR) is 136 cm³/mol. The molecule has 0 heterocycles. The lowest BCUT2D eigenvalue weighted by atomic mass is 9.89. The summed E-state index contributed by atoms with van der Waals surface area (Å²) in [6.45, 7) is 12.0. The summed E-state index contributed by atoms with van der Waals surface area (Å²) >= 11 is 0. The number of methoxy groups -OCH3 is 1. The first-order chi connectivity index (χ1) is 16.4. The molecule has 0 amide bonds. The molecule has 0 radical (unpaired) electrons. The topological polar surface area (TPSA) is 52.6 Å². The monoisotopic (exact) mass is 454 g/mol. The summed E-state index contributed by atoms with van der Waals surface area (Å²) in [4.78, 5) is 24.3. The van der Waals surface area contributed by atoms with Gasteiger partial charge in [-0.1, -0.05) is 49.4 Å². The Bertz CT molecular complexity index is 1200. The normalized spacial score (nSPS) is 11.4. The average molecular weight is 455 g/mol. The Balaban J connectivity index is 1.84. The van der Waals surface area contributed by atoms with Gasteiger partial charge < -0.3 is 9.47 Å². The van der Waals surface area contributed by atoms with Crippen molar-refractivity contribution in [3.05, 3.63) is 125 Å². The van der Waals surface area contributed by atoms with Gasteiger partial charge in [-0.15, -0.1) is 13.2 Å². The van der Waals surface area contributed by atoms with E-state index >= 15 is 0 Å². The highest BCUT2D eigenvalue weighted by atomic mass is 16.5. The molecule has 4 nitrogen and oxygen atoms in total. The summed E-state index contributed by atoms with van der Waals surface area (Å²) < 4.78 is 10.4. The van der Waals surface area contributed by atoms with Gasteiger partial charge in [0.1, 0.15) is 5.75 Å². The summed E-state index contributed by atoms with van der Waals surface area (Å²) in [6.07, 6.45) is 5.12. The zero-order valence-corrected chi connectivity index (χ0v) is 20.0. The molecule has 0 bridgehead atoms. The number of rotatable bonds is 9. The van der Waals surface area contributed by atoms with Gasteiger partial charge in [-0.2, -0.15) is 0 Å². The fourth-order valence-electron chi connectivity index (χ4n) is 3.83. The summed E-state index contributed by atoms with van der Waals surface area (Å²) in [5.74, 6) is -0.282. The van der Waals surface area contributed by atoms with Crippen molar-refractivity contribution in [2.45, 2.75) is 32.6 Å². The van der Waals surface area contributed by atoms with Crippen LogP contribution in [0.5, 0.6) is 5.75 Å². The third-order valence-electron chi connectivity index (χ3n) is 5.93. The highest BCUT2D eigenvalue weighted by molar-refractivity contribution is 5.94. The van der Waals surface area contributed by atoms with Crippen LogP contribution in [0.25, 0.3) is 0 Å². The van der Waals surface area contributed by atoms with Crippen molar-refractivity contribution < 1.29 is 19.1 Å². The van der Waals surface area contributed by atoms with Crippen molar-refractivity contribution in [2.24, 2.45) is 0 Å². The zero-order valence-electron chi connectivity index (χ0n) is 20.0. The molecule has 3 aromatic rings. The van der Waals surface area contributed by atoms with Gasteiger partial charge in [0.2, 0.25) is 0 Å². The molecular formula is C30H30O4. The first-order valence-electron chi connectivity index (χ1n) is 11.2. The minimum Gasteiger partial charge on any atom is -0.465 e. The van der Waals surface area contributed by atoms with Crippen LogP contribution < -0.4 is 4.74 Å². The molecule has 1 atom stereocenters. The highest BCUT2D eigenvalue weighted by Crippen LogP contribution is 2.31. The Morgan fingerprint density at radius 1 is 0.824 bits per heavy atom. The third-order valence-corrected chi connectivity index (χ3v) is 5.93. The number of benzene rings is 3. The Labute approximate surface area is 201 Å². The summed E-state index contributed by atoms with van der Waals surface area (Å²) in [5.41, 5.74) is 6.49. The van der Waals surface area contributed by atoms with Crippen LogP contribution in [-0.4, -0.2) is 19.0 Å². The molecule has 3 rings (SSSR count). The van der Waals surface area contributed by atoms with Crippen LogP contribution in [0.1, 0.15) is 61.4 Å². The number of aryl methyl sites for hydroxylation is 1. The third kappa shape index (κ3) is 5.70. The smallest absolute Gasteiger partial charge is 0.343 e. The van der Waals surface area contributed by atoms with E-state index in [-0.39, 0.29) is 5.92 Å². The molecule has 0 aromatic heterocycles. The van der Waals surface area contributed by atoms with Gasteiger partial charge in [0.05, 0.1) is 18.2 Å². The summed E-state index contributed by atoms with van der Waals surface area (Å²) in [7, 11) is 1.31. The number of carbonyl (C=O) groups is 2. The van der Waals surface area contributed by atoms with Crippen molar-refractivity contribution in [3.63, 3.8) is 0 Å². The van der Waals surface area contributed by atoms with Gasteiger partial charge in [-0.25, -0.2) is 9.59 Å². The van der Waals surface area contributed by atoms with E-state index in [1.54, 1.807) is 30.3 Å². The molecule has 1 unspecified atom stereocenters. The number of esters is 2. The molecule has 4 heteroatoms. The predicted octanol–water partition coefficient (Wildman–Crippen LogP) is 6.61. The summed E-state index contributed by atoms with van der Waals surface area (Å²) in [5, 5.41) is 0. The first-order valence-corrected chi connectivity index (χ1v) is 11.2. The van der Waals surface area contributed by atoms with Gasteiger partial charge in [0.25, 0.3) is 0 Å². The fourth-order valence-corrected chi connectivity index (χ4v) is 3.83. The van der Waals surface area contributed by atoms with E-state index < -0.39 is 11.9 Å². The molecule has 0 N–H and O–H groups in total. The van der Waals surface area contributed by atoms with Crippen molar-refractivity contribution >= 4 is 11.9 Å². The van der Waals surface area contributed by atoms with E-state index in [4.69, 9.17) is 9.47 Å². The standard InChI is InChI=1S/C30H30O4/c1-6-8-24-18-25(11-10-20(24)3)21(4)26-16-17-28(27(19-26)9-7-2)34-30(32)23-14-12-22(13-15-23)29(31)33-5/h6-7,10-19,21H,1-2,8-9H2,3-5H3. The molecule has 3 aromatic carbocycles. The molecular weight excluding hydrogens is 424 g/mol. The largest absolute Gasteiger partial charge is 0.465 e. The Kier molecular flexibility index (Phi) is 8.20. The SMILES string of the molecule is C=CCc1cc(C(C)c2ccc(OC(=O)c3ccc(C(=O)OC)cc3)c(CC=C)c2)ccc1C. The second-order valence-corrected chi connectivity index (χ2v) is 8.22. The lowest BCUT2D eigenvalue weighted by Crippen LogP contribution is -2.11. The van der Waals surface area contributed by atoms with Gasteiger partial charge >= 0.3 is 11.9 Å². The minimum atomic E-state index is -0.491. The summed E-state index contributed by atoms with van der Waals surface area (Å²) in [6, 6.07) is 18.6. The molecule has 0 saturated carbocycles. The molecule has 34 heavy (non-hydrogen) atoms. The van der Waals surface area contributed by atoms with Crippen LogP contribution in [0.3, 0.4) is 0 Å². The minimum absolute atomic E-state index is 0.170. The van der Waals surface area contributed by atoms with E-state index in [0.29, 0.717) is 23.3 Å². The second-order valence-electron chi connectivity index (χ2n) is 8.22. The number of ether oxygens (including phenoxy) is 2.